The van der Waals surface area contributed by atoms with Crippen LogP contribution in [0, 0.1) is 23.2 Å². The first kappa shape index (κ1) is 40.2. The number of thiophene rings is 1. The Morgan fingerprint density at radius 3 is 2.39 bits per heavy atom. The molecule has 1 aromatic rings. The lowest BCUT2D eigenvalue weighted by atomic mass is 9.94. The summed E-state index contributed by atoms with van der Waals surface area (Å²) in [6, 6.07) is -1.06. The fourth-order valence-electron chi connectivity index (χ4n) is 7.59. The van der Waals surface area contributed by atoms with Gasteiger partial charge >= 0.3 is 6.03 Å². The molecule has 2 aliphatic carbocycles. The summed E-state index contributed by atoms with van der Waals surface area (Å²) in [6.07, 6.45) is 6.34. The van der Waals surface area contributed by atoms with Crippen molar-refractivity contribution in [2.75, 3.05) is 26.7 Å². The number of rotatable bonds is 18. The topological polar surface area (TPSA) is 174 Å². The third-order valence-electron chi connectivity index (χ3n) is 10.8. The highest BCUT2D eigenvalue weighted by Gasteiger charge is 2.69. The molecule has 0 radical (unpaired) electrons. The van der Waals surface area contributed by atoms with Gasteiger partial charge in [0.2, 0.25) is 17.6 Å². The highest BCUT2D eigenvalue weighted by Crippen LogP contribution is 2.65. The molecule has 15 heteroatoms. The van der Waals surface area contributed by atoms with Crippen molar-refractivity contribution in [2.45, 2.75) is 101 Å². The van der Waals surface area contributed by atoms with Crippen LogP contribution in [0.1, 0.15) is 72.6 Å². The Hall–Kier alpha value is -3.56. The van der Waals surface area contributed by atoms with Crippen molar-refractivity contribution in [3.8, 4) is 0 Å². The Balaban J connectivity index is 1.52. The molecule has 3 fully saturated rings. The number of nitrogens with one attached hydrogen (secondary N) is 4. The molecule has 4 rings (SSSR count). The van der Waals surface area contributed by atoms with Gasteiger partial charge in [0.05, 0.1) is 12.1 Å². The summed E-state index contributed by atoms with van der Waals surface area (Å²) in [5.41, 5.74) is 0.326. The lowest BCUT2D eigenvalue weighted by Gasteiger charge is -2.35. The molecule has 0 aromatic carbocycles. The van der Waals surface area contributed by atoms with Gasteiger partial charge in [-0.15, -0.1) is 17.9 Å². The molecule has 5 amide bonds. The van der Waals surface area contributed by atoms with Crippen molar-refractivity contribution in [1.29, 1.82) is 0 Å². The van der Waals surface area contributed by atoms with Gasteiger partial charge in [0.25, 0.3) is 15.9 Å². The second kappa shape index (κ2) is 16.8. The molecule has 0 bridgehead atoms. The number of amides is 5. The highest BCUT2D eigenvalue weighted by molar-refractivity contribution is 7.91. The van der Waals surface area contributed by atoms with E-state index in [1.165, 1.54) is 23.5 Å². The van der Waals surface area contributed by atoms with Crippen LogP contribution < -0.4 is 21.3 Å². The number of urea groups is 1. The lowest BCUT2D eigenvalue weighted by molar-refractivity contribution is -0.144. The molecule has 1 saturated heterocycles. The zero-order chi connectivity index (χ0) is 37.7. The van der Waals surface area contributed by atoms with Crippen LogP contribution in [0.25, 0.3) is 0 Å². The number of piperidine rings is 1. The van der Waals surface area contributed by atoms with Gasteiger partial charge < -0.3 is 26.2 Å². The molecule has 1 aromatic heterocycles. The van der Waals surface area contributed by atoms with E-state index in [-0.39, 0.29) is 52.8 Å². The van der Waals surface area contributed by atoms with Crippen molar-refractivity contribution in [1.82, 2.24) is 30.5 Å². The third-order valence-corrected chi connectivity index (χ3v) is 14.0. The van der Waals surface area contributed by atoms with Gasteiger partial charge in [-0.2, -0.15) is 4.31 Å². The first-order valence-electron chi connectivity index (χ1n) is 17.8. The maximum atomic E-state index is 14.5. The predicted octanol–water partition coefficient (Wildman–Crippen LogP) is 3.20. The third kappa shape index (κ3) is 9.09. The van der Waals surface area contributed by atoms with Crippen LogP contribution in [0.2, 0.25) is 0 Å². The molecule has 1 aliphatic heterocycles. The average molecular weight is 747 g/mol. The number of Topliss-reactive ketones (excluding diaryl/α,β-unsaturated/α-hetero) is 1. The summed E-state index contributed by atoms with van der Waals surface area (Å²) >= 11 is 1.10. The number of likely N-dealkylation sites (N-methyl/N-ethyl adjacent to an activating group) is 1. The number of fused-ring (bicyclic) bond motifs is 1. The van der Waals surface area contributed by atoms with E-state index in [1.54, 1.807) is 23.3 Å². The minimum atomic E-state index is -3.78. The number of hydrogen-bond acceptors (Lipinski definition) is 8. The number of carbonyl (C=O) groups excluding carboxylic acids is 5. The zero-order valence-electron chi connectivity index (χ0n) is 30.4. The quantitative estimate of drug-likeness (QED) is 0.132. The zero-order valence-corrected chi connectivity index (χ0v) is 32.0. The van der Waals surface area contributed by atoms with E-state index in [2.05, 4.69) is 48.3 Å². The second-order valence-electron chi connectivity index (χ2n) is 14.7. The van der Waals surface area contributed by atoms with Crippen LogP contribution in [0.5, 0.6) is 0 Å². The lowest BCUT2D eigenvalue weighted by Crippen LogP contribution is -2.60. The van der Waals surface area contributed by atoms with E-state index in [0.29, 0.717) is 18.5 Å². The van der Waals surface area contributed by atoms with E-state index in [4.69, 9.17) is 0 Å². The smallest absolute Gasteiger partial charge is 0.315 e. The summed E-state index contributed by atoms with van der Waals surface area (Å²) in [7, 11) is -2.34. The summed E-state index contributed by atoms with van der Waals surface area (Å²) in [5, 5.41) is 12.7. The van der Waals surface area contributed by atoms with Crippen LogP contribution in [0.4, 0.5) is 4.79 Å². The van der Waals surface area contributed by atoms with Gasteiger partial charge in [0, 0.05) is 26.7 Å². The maximum absolute atomic E-state index is 14.5. The van der Waals surface area contributed by atoms with E-state index in [1.807, 2.05) is 6.92 Å². The van der Waals surface area contributed by atoms with Gasteiger partial charge in [0.15, 0.2) is 0 Å². The highest BCUT2D eigenvalue weighted by atomic mass is 32.2. The monoisotopic (exact) mass is 746 g/mol. The van der Waals surface area contributed by atoms with Crippen LogP contribution in [-0.2, 0) is 29.2 Å². The molecule has 6 atom stereocenters. The molecule has 13 nitrogen and oxygen atoms in total. The van der Waals surface area contributed by atoms with Crippen molar-refractivity contribution >= 4 is 50.9 Å². The molecule has 282 valence electrons. The number of hydrogen-bond donors (Lipinski definition) is 4. The molecule has 2 heterocycles. The number of carbonyl (C=O) groups is 5. The number of unbranched alkanes of at least 4 members (excludes halogenated alkanes) is 1. The van der Waals surface area contributed by atoms with Gasteiger partial charge in [0.1, 0.15) is 16.3 Å². The average Bonchev–Trinajstić information content (AvgIpc) is 3.73. The van der Waals surface area contributed by atoms with Crippen LogP contribution >= 0.6 is 11.3 Å². The van der Waals surface area contributed by atoms with Crippen molar-refractivity contribution < 1.29 is 32.4 Å². The second-order valence-corrected chi connectivity index (χ2v) is 17.9. The fraction of sp³-hybridized carbons (Fsp3) is 0.639. The molecular formula is C36H54N6O7S2. The van der Waals surface area contributed by atoms with Gasteiger partial charge in [-0.05, 0) is 60.8 Å². The van der Waals surface area contributed by atoms with Gasteiger partial charge in [-0.1, -0.05) is 70.7 Å². The molecule has 1 unspecified atom stereocenters. The van der Waals surface area contributed by atoms with E-state index < -0.39 is 57.8 Å². The first-order chi connectivity index (χ1) is 24.1. The molecular weight excluding hydrogens is 693 g/mol. The van der Waals surface area contributed by atoms with Crippen LogP contribution in [-0.4, -0.2) is 98.0 Å². The summed E-state index contributed by atoms with van der Waals surface area (Å²) in [5.74, 6) is -2.66. The Labute approximate surface area is 306 Å². The Morgan fingerprint density at radius 2 is 1.80 bits per heavy atom. The summed E-state index contributed by atoms with van der Waals surface area (Å²) in [4.78, 5) is 69.4. The molecule has 3 aliphatic rings. The van der Waals surface area contributed by atoms with Crippen molar-refractivity contribution in [3.63, 3.8) is 0 Å². The SMILES string of the molecule is C=CCNC(=O)C(=O)C(CCCC)NC(=O)[C@@H]1[C@@H]2[C@H](CN1C(=O)[C@@H](NC(=O)N[C@H](CN(C)S(=O)(=O)c1cccs1)C(=C)C)C1CCCC1)C2(C)C. The number of nitrogens with zero attached hydrogens (tertiary/aromatic N) is 2. The molecule has 2 saturated carbocycles. The first-order valence-corrected chi connectivity index (χ1v) is 20.1. The fourth-order valence-corrected chi connectivity index (χ4v) is 9.98. The normalized spacial score (nSPS) is 22.7. The van der Waals surface area contributed by atoms with E-state index in [9.17, 15) is 32.4 Å². The van der Waals surface area contributed by atoms with E-state index in [0.717, 1.165) is 43.4 Å². The standard InChI is InChI=1S/C36H54N6O7S2/c1-8-10-16-25(31(43)33(45)37-18-9-2)38-32(44)30-28-24(36(28,5)6)20-42(30)34(46)29(23-14-11-12-15-23)40-35(47)39-26(22(3)4)21-41(7)51(48,49)27-17-13-19-50-27/h9,13,17,19,23-26,28-30H,2-3,8,10-12,14-16,18,20-21H2,1,4-7H3,(H,37,45)(H,38,44)(H2,39,40,47)/t24-,25?,26+,28-,29-,30-/m0/s1. The molecule has 4 N–H and O–H groups in total. The Morgan fingerprint density at radius 1 is 1.12 bits per heavy atom. The van der Waals surface area contributed by atoms with Gasteiger partial charge in [-0.25, -0.2) is 13.2 Å². The van der Waals surface area contributed by atoms with Crippen molar-refractivity contribution in [3.05, 3.63) is 42.3 Å². The van der Waals surface area contributed by atoms with E-state index >= 15 is 0 Å². The number of sulfonamides is 1. The molecule has 51 heavy (non-hydrogen) atoms. The summed E-state index contributed by atoms with van der Waals surface area (Å²) in [6.45, 7) is 15.7. The van der Waals surface area contributed by atoms with Crippen molar-refractivity contribution in [2.24, 2.45) is 23.2 Å². The molecule has 0 spiro atoms. The Bertz CT molecular complexity index is 1590. The minimum absolute atomic E-state index is 0.0598. The number of likely N-dealkylation sites (tertiary alicyclic amines) is 1. The minimum Gasteiger partial charge on any atom is -0.346 e. The van der Waals surface area contributed by atoms with Gasteiger partial charge in [-0.3, -0.25) is 19.2 Å². The predicted molar refractivity (Wildman–Crippen MR) is 196 cm³/mol. The summed E-state index contributed by atoms with van der Waals surface area (Å²) < 4.78 is 27.5. The van der Waals surface area contributed by atoms with Crippen LogP contribution in [0.3, 0.4) is 0 Å². The largest absolute Gasteiger partial charge is 0.346 e. The Kier molecular flexibility index (Phi) is 13.3. The maximum Gasteiger partial charge on any atom is 0.315 e. The van der Waals surface area contributed by atoms with Crippen LogP contribution in [0.15, 0.2) is 46.5 Å². The number of ketones is 1.